The van der Waals surface area contributed by atoms with Crippen molar-refractivity contribution < 1.29 is 9.59 Å². The van der Waals surface area contributed by atoms with Crippen LogP contribution in [-0.4, -0.2) is 25.9 Å². The fourth-order valence-electron chi connectivity index (χ4n) is 4.24. The van der Waals surface area contributed by atoms with Crippen LogP contribution >= 0.6 is 0 Å². The molecule has 0 bridgehead atoms. The molecule has 0 saturated carbocycles. The lowest BCUT2D eigenvalue weighted by atomic mass is 10.0. The number of nitrogens with one attached hydrogen (secondary N) is 1. The molecule has 4 aromatic rings. The molecule has 1 heterocycles. The third-order valence-corrected chi connectivity index (χ3v) is 6.10. The topological polar surface area (TPSA) is 52.7 Å². The van der Waals surface area contributed by atoms with Crippen LogP contribution in [0, 0.1) is 6.92 Å². The van der Waals surface area contributed by atoms with Gasteiger partial charge in [0.15, 0.2) is 0 Å². The molecule has 0 aliphatic carbocycles. The lowest BCUT2D eigenvalue weighted by Gasteiger charge is -2.18. The molecule has 5 rings (SSSR count). The SMILES string of the molecule is Cc1ccc(C2=C(Nc3cccc4ccccc34)C(=O)N(c3ccc(N(C)C)cc3)C2=O)cc1. The van der Waals surface area contributed by atoms with E-state index in [2.05, 4.69) is 5.32 Å². The molecule has 4 aromatic carbocycles. The van der Waals surface area contributed by atoms with Gasteiger partial charge in [-0.3, -0.25) is 9.59 Å². The van der Waals surface area contributed by atoms with Crippen molar-refractivity contribution >= 4 is 45.2 Å². The molecule has 2 amide bonds. The summed E-state index contributed by atoms with van der Waals surface area (Å²) in [4.78, 5) is 30.6. The second-order valence-electron chi connectivity index (χ2n) is 8.62. The van der Waals surface area contributed by atoms with Crippen molar-refractivity contribution in [1.29, 1.82) is 0 Å². The number of carbonyl (C=O) groups excluding carboxylic acids is 2. The van der Waals surface area contributed by atoms with Gasteiger partial charge in [0.25, 0.3) is 11.8 Å². The van der Waals surface area contributed by atoms with Crippen LogP contribution in [0.4, 0.5) is 17.1 Å². The average molecular weight is 448 g/mol. The molecule has 0 spiro atoms. The number of fused-ring (bicyclic) bond motifs is 1. The summed E-state index contributed by atoms with van der Waals surface area (Å²) in [5.41, 5.74) is 4.75. The molecule has 1 aliphatic rings. The molecular weight excluding hydrogens is 422 g/mol. The highest BCUT2D eigenvalue weighted by Crippen LogP contribution is 2.35. The van der Waals surface area contributed by atoms with Crippen LogP contribution in [0.25, 0.3) is 16.3 Å². The zero-order chi connectivity index (χ0) is 23.8. The predicted octanol–water partition coefficient (Wildman–Crippen LogP) is 5.61. The average Bonchev–Trinajstić information content (AvgIpc) is 3.09. The van der Waals surface area contributed by atoms with Gasteiger partial charge in [0.05, 0.1) is 11.3 Å². The van der Waals surface area contributed by atoms with Gasteiger partial charge in [-0.25, -0.2) is 4.90 Å². The van der Waals surface area contributed by atoms with E-state index in [-0.39, 0.29) is 17.5 Å². The first kappa shape index (κ1) is 21.5. The highest BCUT2D eigenvalue weighted by atomic mass is 16.2. The van der Waals surface area contributed by atoms with Gasteiger partial charge in [-0.2, -0.15) is 0 Å². The number of anilines is 3. The molecule has 0 radical (unpaired) electrons. The van der Waals surface area contributed by atoms with Crippen molar-refractivity contribution in [3.63, 3.8) is 0 Å². The van der Waals surface area contributed by atoms with Gasteiger partial charge in [0, 0.05) is 30.9 Å². The number of rotatable bonds is 5. The maximum atomic E-state index is 13.7. The fourth-order valence-corrected chi connectivity index (χ4v) is 4.24. The van der Waals surface area contributed by atoms with E-state index in [1.54, 1.807) is 12.1 Å². The number of nitrogens with zero attached hydrogens (tertiary/aromatic N) is 2. The summed E-state index contributed by atoms with van der Waals surface area (Å²) in [6, 6.07) is 28.9. The van der Waals surface area contributed by atoms with Crippen molar-refractivity contribution in [3.05, 3.63) is 108 Å². The first-order valence-corrected chi connectivity index (χ1v) is 11.2. The van der Waals surface area contributed by atoms with Gasteiger partial charge in [0.1, 0.15) is 5.70 Å². The smallest absolute Gasteiger partial charge is 0.282 e. The first-order chi connectivity index (χ1) is 16.4. The quantitative estimate of drug-likeness (QED) is 0.404. The summed E-state index contributed by atoms with van der Waals surface area (Å²) in [7, 11) is 3.90. The van der Waals surface area contributed by atoms with Crippen molar-refractivity contribution in [1.82, 2.24) is 0 Å². The lowest BCUT2D eigenvalue weighted by molar-refractivity contribution is -0.120. The highest BCUT2D eigenvalue weighted by molar-refractivity contribution is 6.46. The number of benzene rings is 4. The number of carbonyl (C=O) groups is 2. The zero-order valence-corrected chi connectivity index (χ0v) is 19.4. The van der Waals surface area contributed by atoms with Gasteiger partial charge in [-0.15, -0.1) is 0 Å². The van der Waals surface area contributed by atoms with E-state index in [1.807, 2.05) is 105 Å². The number of aryl methyl sites for hydroxylation is 1. The number of hydrogen-bond donors (Lipinski definition) is 1. The van der Waals surface area contributed by atoms with Crippen LogP contribution in [0.15, 0.2) is 96.7 Å². The standard InChI is InChI=1S/C29H25N3O2/c1-19-11-13-21(14-12-19)26-27(30-25-10-6-8-20-7-4-5-9-24(20)25)29(34)32(28(26)33)23-17-15-22(16-18-23)31(2)3/h4-18,30H,1-3H3. The molecule has 5 heteroatoms. The molecule has 1 aliphatic heterocycles. The number of amides is 2. The maximum absolute atomic E-state index is 13.7. The van der Waals surface area contributed by atoms with Gasteiger partial charge in [-0.1, -0.05) is 66.2 Å². The molecule has 1 N–H and O–H groups in total. The second-order valence-corrected chi connectivity index (χ2v) is 8.62. The number of hydrogen-bond acceptors (Lipinski definition) is 4. The summed E-state index contributed by atoms with van der Waals surface area (Å²) in [5, 5.41) is 5.35. The summed E-state index contributed by atoms with van der Waals surface area (Å²) in [6.45, 7) is 1.99. The summed E-state index contributed by atoms with van der Waals surface area (Å²) in [6.07, 6.45) is 0. The van der Waals surface area contributed by atoms with Crippen LogP contribution in [0.1, 0.15) is 11.1 Å². The van der Waals surface area contributed by atoms with E-state index < -0.39 is 0 Å². The second kappa shape index (κ2) is 8.52. The molecule has 0 unspecified atom stereocenters. The minimum Gasteiger partial charge on any atom is -0.378 e. The third-order valence-electron chi connectivity index (χ3n) is 6.10. The third kappa shape index (κ3) is 3.71. The Labute approximate surface area is 198 Å². The molecule has 0 fully saturated rings. The van der Waals surface area contributed by atoms with E-state index in [0.717, 1.165) is 27.7 Å². The van der Waals surface area contributed by atoms with Gasteiger partial charge in [0.2, 0.25) is 0 Å². The Morgan fingerprint density at radius 3 is 2.12 bits per heavy atom. The minimum atomic E-state index is -0.369. The first-order valence-electron chi connectivity index (χ1n) is 11.2. The Balaban J connectivity index is 1.62. The van der Waals surface area contributed by atoms with Gasteiger partial charge >= 0.3 is 0 Å². The monoisotopic (exact) mass is 447 g/mol. The Kier molecular flexibility index (Phi) is 5.38. The van der Waals surface area contributed by atoms with Crippen molar-refractivity contribution in [2.45, 2.75) is 6.92 Å². The van der Waals surface area contributed by atoms with E-state index >= 15 is 0 Å². The molecule has 5 nitrogen and oxygen atoms in total. The summed E-state index contributed by atoms with van der Waals surface area (Å²) in [5.74, 6) is -0.708. The Hall–Kier alpha value is -4.38. The van der Waals surface area contributed by atoms with E-state index in [9.17, 15) is 9.59 Å². The summed E-state index contributed by atoms with van der Waals surface area (Å²) >= 11 is 0. The van der Waals surface area contributed by atoms with Crippen molar-refractivity contribution in [2.24, 2.45) is 0 Å². The van der Waals surface area contributed by atoms with Gasteiger partial charge < -0.3 is 10.2 Å². The summed E-state index contributed by atoms with van der Waals surface area (Å²) < 4.78 is 0. The lowest BCUT2D eigenvalue weighted by Crippen LogP contribution is -2.32. The predicted molar refractivity (Wildman–Crippen MR) is 139 cm³/mol. The van der Waals surface area contributed by atoms with Crippen LogP contribution in [0.5, 0.6) is 0 Å². The highest BCUT2D eigenvalue weighted by Gasteiger charge is 2.40. The van der Waals surface area contributed by atoms with E-state index in [1.165, 1.54) is 4.90 Å². The van der Waals surface area contributed by atoms with Crippen LogP contribution in [0.2, 0.25) is 0 Å². The zero-order valence-electron chi connectivity index (χ0n) is 19.4. The van der Waals surface area contributed by atoms with Gasteiger partial charge in [-0.05, 0) is 48.2 Å². The van der Waals surface area contributed by atoms with E-state index in [4.69, 9.17) is 0 Å². The van der Waals surface area contributed by atoms with Crippen LogP contribution in [-0.2, 0) is 9.59 Å². The minimum absolute atomic E-state index is 0.280. The molecule has 168 valence electrons. The van der Waals surface area contributed by atoms with Crippen molar-refractivity contribution in [3.8, 4) is 0 Å². The van der Waals surface area contributed by atoms with Crippen LogP contribution in [0.3, 0.4) is 0 Å². The number of imide groups is 1. The normalized spacial score (nSPS) is 13.7. The Morgan fingerprint density at radius 1 is 0.735 bits per heavy atom. The van der Waals surface area contributed by atoms with Crippen molar-refractivity contribution in [2.75, 3.05) is 29.2 Å². The molecular formula is C29H25N3O2. The molecule has 0 saturated heterocycles. The maximum Gasteiger partial charge on any atom is 0.282 e. The Bertz CT molecular complexity index is 1430. The Morgan fingerprint density at radius 2 is 1.41 bits per heavy atom. The molecule has 34 heavy (non-hydrogen) atoms. The largest absolute Gasteiger partial charge is 0.378 e. The molecule has 0 aromatic heterocycles. The van der Waals surface area contributed by atoms with Crippen LogP contribution < -0.4 is 15.1 Å². The van der Waals surface area contributed by atoms with E-state index in [0.29, 0.717) is 16.8 Å². The fraction of sp³-hybridized carbons (Fsp3) is 0.103. The molecule has 0 atom stereocenters.